The van der Waals surface area contributed by atoms with Crippen LogP contribution in [0.25, 0.3) is 0 Å². The van der Waals surface area contributed by atoms with Crippen LogP contribution in [0.1, 0.15) is 35.6 Å². The zero-order chi connectivity index (χ0) is 13.8. The zero-order valence-corrected chi connectivity index (χ0v) is 12.7. The normalized spacial score (nSPS) is 13.1. The van der Waals surface area contributed by atoms with Crippen molar-refractivity contribution < 1.29 is 0 Å². The van der Waals surface area contributed by atoms with Crippen molar-refractivity contribution in [3.05, 3.63) is 28.2 Å². The first-order valence-electron chi connectivity index (χ1n) is 6.56. The van der Waals surface area contributed by atoms with E-state index in [2.05, 4.69) is 34.2 Å². The Morgan fingerprint density at radius 1 is 1.37 bits per heavy atom. The third kappa shape index (κ3) is 3.61. The molecular weight excluding hydrogens is 258 g/mol. The molecular formula is C13H21N5S. The van der Waals surface area contributed by atoms with Crippen molar-refractivity contribution in [2.24, 2.45) is 5.92 Å². The number of aryl methyl sites for hydroxylation is 1. The molecule has 6 heteroatoms. The summed E-state index contributed by atoms with van der Waals surface area (Å²) in [5.41, 5.74) is 0. The standard InChI is InChI=1S/C13H21N5S/c1-9(2)7-18-13(16-8-17-18)5-11(14-4)12-6-15-10(3)19-12/h6,8-9,11,14H,5,7H2,1-4H3. The smallest absolute Gasteiger partial charge is 0.138 e. The minimum absolute atomic E-state index is 0.251. The second-order valence-corrected chi connectivity index (χ2v) is 6.35. The number of nitrogens with one attached hydrogen (secondary N) is 1. The number of thiazole rings is 1. The molecule has 0 aliphatic heterocycles. The molecule has 2 aromatic rings. The van der Waals surface area contributed by atoms with E-state index in [9.17, 15) is 0 Å². The lowest BCUT2D eigenvalue weighted by molar-refractivity contribution is 0.452. The average Bonchev–Trinajstić information content (AvgIpc) is 2.95. The maximum Gasteiger partial charge on any atom is 0.138 e. The van der Waals surface area contributed by atoms with E-state index >= 15 is 0 Å². The fourth-order valence-corrected chi connectivity index (χ4v) is 2.91. The quantitative estimate of drug-likeness (QED) is 0.881. The first-order chi connectivity index (χ1) is 9.10. The average molecular weight is 279 g/mol. The van der Waals surface area contributed by atoms with Crippen molar-refractivity contribution in [3.8, 4) is 0 Å². The molecule has 0 aromatic carbocycles. The molecule has 0 aliphatic rings. The van der Waals surface area contributed by atoms with E-state index in [-0.39, 0.29) is 6.04 Å². The summed E-state index contributed by atoms with van der Waals surface area (Å²) >= 11 is 1.73. The number of hydrogen-bond donors (Lipinski definition) is 1. The summed E-state index contributed by atoms with van der Waals surface area (Å²) in [5.74, 6) is 1.60. The van der Waals surface area contributed by atoms with Gasteiger partial charge in [0.25, 0.3) is 0 Å². The highest BCUT2D eigenvalue weighted by molar-refractivity contribution is 7.11. The molecule has 2 heterocycles. The van der Waals surface area contributed by atoms with Gasteiger partial charge in [0.15, 0.2) is 0 Å². The van der Waals surface area contributed by atoms with Crippen LogP contribution in [0.3, 0.4) is 0 Å². The summed E-state index contributed by atoms with van der Waals surface area (Å²) in [4.78, 5) is 9.96. The highest BCUT2D eigenvalue weighted by Crippen LogP contribution is 2.23. The molecule has 1 unspecified atom stereocenters. The summed E-state index contributed by atoms with van der Waals surface area (Å²) in [6.07, 6.45) is 4.43. The largest absolute Gasteiger partial charge is 0.312 e. The Kier molecular flexibility index (Phi) is 4.66. The lowest BCUT2D eigenvalue weighted by Gasteiger charge is -2.15. The third-order valence-corrected chi connectivity index (χ3v) is 3.98. The molecule has 0 bridgehead atoms. The zero-order valence-electron chi connectivity index (χ0n) is 11.9. The van der Waals surface area contributed by atoms with Gasteiger partial charge in [0, 0.05) is 30.1 Å². The van der Waals surface area contributed by atoms with Gasteiger partial charge in [-0.1, -0.05) is 13.8 Å². The van der Waals surface area contributed by atoms with Crippen LogP contribution in [0, 0.1) is 12.8 Å². The van der Waals surface area contributed by atoms with Gasteiger partial charge in [-0.25, -0.2) is 14.6 Å². The minimum Gasteiger partial charge on any atom is -0.312 e. The summed E-state index contributed by atoms with van der Waals surface area (Å²) in [7, 11) is 1.98. The van der Waals surface area contributed by atoms with Crippen LogP contribution in [0.15, 0.2) is 12.5 Å². The first-order valence-corrected chi connectivity index (χ1v) is 7.38. The molecule has 0 saturated carbocycles. The van der Waals surface area contributed by atoms with Crippen molar-refractivity contribution in [2.45, 2.75) is 39.8 Å². The van der Waals surface area contributed by atoms with Gasteiger partial charge in [-0.15, -0.1) is 11.3 Å². The molecule has 1 N–H and O–H groups in total. The van der Waals surface area contributed by atoms with E-state index in [1.807, 2.05) is 24.9 Å². The highest BCUT2D eigenvalue weighted by Gasteiger charge is 2.16. The summed E-state index contributed by atoms with van der Waals surface area (Å²) in [6, 6.07) is 0.251. The van der Waals surface area contributed by atoms with Crippen LogP contribution in [-0.4, -0.2) is 26.8 Å². The predicted molar refractivity (Wildman–Crippen MR) is 77.2 cm³/mol. The number of aromatic nitrogens is 4. The van der Waals surface area contributed by atoms with Crippen molar-refractivity contribution in [2.75, 3.05) is 7.05 Å². The second-order valence-electron chi connectivity index (χ2n) is 5.08. The molecule has 0 amide bonds. The molecule has 0 spiro atoms. The summed E-state index contributed by atoms with van der Waals surface area (Å²) in [5, 5.41) is 8.74. The molecule has 0 fully saturated rings. The van der Waals surface area contributed by atoms with Crippen LogP contribution < -0.4 is 5.32 Å². The van der Waals surface area contributed by atoms with Crippen LogP contribution >= 0.6 is 11.3 Å². The van der Waals surface area contributed by atoms with Gasteiger partial charge in [0.1, 0.15) is 12.2 Å². The number of rotatable bonds is 6. The topological polar surface area (TPSA) is 55.6 Å². The fraction of sp³-hybridized carbons (Fsp3) is 0.615. The van der Waals surface area contributed by atoms with Crippen molar-refractivity contribution in [1.82, 2.24) is 25.1 Å². The number of likely N-dealkylation sites (N-methyl/N-ethyl adjacent to an activating group) is 1. The Balaban J connectivity index is 2.12. The SMILES string of the molecule is CNC(Cc1ncnn1CC(C)C)c1cnc(C)s1. The molecule has 0 radical (unpaired) electrons. The molecule has 104 valence electrons. The van der Waals surface area contributed by atoms with Gasteiger partial charge >= 0.3 is 0 Å². The molecule has 19 heavy (non-hydrogen) atoms. The van der Waals surface area contributed by atoms with E-state index < -0.39 is 0 Å². The Morgan fingerprint density at radius 3 is 2.74 bits per heavy atom. The summed E-state index contributed by atoms with van der Waals surface area (Å²) < 4.78 is 2.00. The summed E-state index contributed by atoms with van der Waals surface area (Å²) in [6.45, 7) is 7.32. The Morgan fingerprint density at radius 2 is 2.16 bits per heavy atom. The maximum absolute atomic E-state index is 4.39. The molecule has 2 aromatic heterocycles. The Bertz CT molecular complexity index is 517. The van der Waals surface area contributed by atoms with Crippen LogP contribution in [0.2, 0.25) is 0 Å². The Hall–Kier alpha value is -1.27. The van der Waals surface area contributed by atoms with E-state index in [0.717, 1.165) is 23.8 Å². The predicted octanol–water partition coefficient (Wildman–Crippen LogP) is 2.20. The first kappa shape index (κ1) is 14.1. The van der Waals surface area contributed by atoms with E-state index in [0.29, 0.717) is 5.92 Å². The molecule has 0 saturated heterocycles. The monoisotopic (exact) mass is 279 g/mol. The van der Waals surface area contributed by atoms with Crippen molar-refractivity contribution in [1.29, 1.82) is 0 Å². The van der Waals surface area contributed by atoms with Crippen LogP contribution in [0.4, 0.5) is 0 Å². The number of nitrogens with zero attached hydrogens (tertiary/aromatic N) is 4. The lowest BCUT2D eigenvalue weighted by atomic mass is 10.1. The van der Waals surface area contributed by atoms with Gasteiger partial charge in [-0.3, -0.25) is 0 Å². The van der Waals surface area contributed by atoms with Gasteiger partial charge in [0.2, 0.25) is 0 Å². The van der Waals surface area contributed by atoms with Gasteiger partial charge < -0.3 is 5.32 Å². The molecule has 5 nitrogen and oxygen atoms in total. The molecule has 2 rings (SSSR count). The third-order valence-electron chi connectivity index (χ3n) is 2.95. The van der Waals surface area contributed by atoms with E-state index in [1.165, 1.54) is 4.88 Å². The minimum atomic E-state index is 0.251. The van der Waals surface area contributed by atoms with Crippen LogP contribution in [0.5, 0.6) is 0 Å². The number of hydrogen-bond acceptors (Lipinski definition) is 5. The van der Waals surface area contributed by atoms with Gasteiger partial charge in [-0.05, 0) is 19.9 Å². The lowest BCUT2D eigenvalue weighted by Crippen LogP contribution is -2.21. The van der Waals surface area contributed by atoms with Gasteiger partial charge in [-0.2, -0.15) is 5.10 Å². The van der Waals surface area contributed by atoms with E-state index in [1.54, 1.807) is 17.7 Å². The van der Waals surface area contributed by atoms with E-state index in [4.69, 9.17) is 0 Å². The van der Waals surface area contributed by atoms with Gasteiger partial charge in [0.05, 0.1) is 5.01 Å². The molecule has 1 atom stereocenters. The maximum atomic E-state index is 4.39. The van der Waals surface area contributed by atoms with Crippen LogP contribution in [-0.2, 0) is 13.0 Å². The Labute approximate surface area is 118 Å². The fourth-order valence-electron chi connectivity index (χ4n) is 2.01. The van der Waals surface area contributed by atoms with Crippen molar-refractivity contribution in [3.63, 3.8) is 0 Å². The molecule has 0 aliphatic carbocycles. The second kappa shape index (κ2) is 6.25. The van der Waals surface area contributed by atoms with Crippen molar-refractivity contribution >= 4 is 11.3 Å². The highest BCUT2D eigenvalue weighted by atomic mass is 32.1.